The van der Waals surface area contributed by atoms with Gasteiger partial charge < -0.3 is 24.6 Å². The summed E-state index contributed by atoms with van der Waals surface area (Å²) in [6.45, 7) is 0.926. The monoisotopic (exact) mass is 387 g/mol. The van der Waals surface area contributed by atoms with E-state index in [1.165, 1.54) is 18.5 Å². The predicted octanol–water partition coefficient (Wildman–Crippen LogP) is 0.449. The second-order valence-electron chi connectivity index (χ2n) is 6.17. The van der Waals surface area contributed by atoms with E-state index >= 15 is 0 Å². The first-order chi connectivity index (χ1) is 13.7. The highest BCUT2D eigenvalue weighted by molar-refractivity contribution is 5.93. The minimum atomic E-state index is -0.410. The molecule has 1 aliphatic rings. The number of rotatable bonds is 7. The Kier molecular flexibility index (Phi) is 6.51. The second-order valence-corrected chi connectivity index (χ2v) is 6.17. The summed E-state index contributed by atoms with van der Waals surface area (Å²) in [6, 6.07) is 4.12. The lowest BCUT2D eigenvalue weighted by Gasteiger charge is -2.35. The maximum Gasteiger partial charge on any atom is 0.274 e. The SMILES string of the molecule is O=Cc1c(O)cccc1OC[C@@H]1COCCN1C(=O)c1nccnc1CCO. The molecule has 9 heteroatoms. The van der Waals surface area contributed by atoms with Crippen LogP contribution in [0.2, 0.25) is 0 Å². The fraction of sp³-hybridized carbons (Fsp3) is 0.368. The molecule has 2 heterocycles. The van der Waals surface area contributed by atoms with Crippen molar-refractivity contribution < 1.29 is 29.3 Å². The molecule has 1 aromatic carbocycles. The molecular formula is C19H21N3O6. The van der Waals surface area contributed by atoms with Crippen molar-refractivity contribution in [2.45, 2.75) is 12.5 Å². The smallest absolute Gasteiger partial charge is 0.274 e. The van der Waals surface area contributed by atoms with Gasteiger partial charge in [0.1, 0.15) is 23.8 Å². The highest BCUT2D eigenvalue weighted by Gasteiger charge is 2.31. The second kappa shape index (κ2) is 9.25. The van der Waals surface area contributed by atoms with Crippen molar-refractivity contribution in [3.8, 4) is 11.5 Å². The molecule has 1 saturated heterocycles. The van der Waals surface area contributed by atoms with Gasteiger partial charge in [-0.15, -0.1) is 0 Å². The predicted molar refractivity (Wildman–Crippen MR) is 97.5 cm³/mol. The number of amides is 1. The molecule has 2 aromatic rings. The van der Waals surface area contributed by atoms with Gasteiger partial charge in [0.25, 0.3) is 5.91 Å². The minimum absolute atomic E-state index is 0.0521. The first-order valence-electron chi connectivity index (χ1n) is 8.85. The standard InChI is InChI=1S/C19H21N3O6/c23-8-4-15-18(21-6-5-20-15)19(26)22-7-9-27-11-13(22)12-28-17-3-1-2-16(25)14(17)10-24/h1-3,5-6,10,13,23,25H,4,7-9,11-12H2/t13-/m0/s1. The van der Waals surface area contributed by atoms with Crippen LogP contribution in [0.1, 0.15) is 26.5 Å². The molecule has 148 valence electrons. The van der Waals surface area contributed by atoms with E-state index < -0.39 is 6.04 Å². The van der Waals surface area contributed by atoms with E-state index in [2.05, 4.69) is 9.97 Å². The van der Waals surface area contributed by atoms with E-state index in [4.69, 9.17) is 9.47 Å². The largest absolute Gasteiger partial charge is 0.507 e. The number of hydrogen-bond donors (Lipinski definition) is 2. The molecule has 9 nitrogen and oxygen atoms in total. The maximum absolute atomic E-state index is 13.0. The summed E-state index contributed by atoms with van der Waals surface area (Å²) in [7, 11) is 0. The van der Waals surface area contributed by atoms with Gasteiger partial charge in [-0.2, -0.15) is 0 Å². The van der Waals surface area contributed by atoms with Crippen LogP contribution in [0.3, 0.4) is 0 Å². The zero-order valence-electron chi connectivity index (χ0n) is 15.2. The van der Waals surface area contributed by atoms with Gasteiger partial charge in [0, 0.05) is 32.0 Å². The summed E-state index contributed by atoms with van der Waals surface area (Å²) in [6.07, 6.45) is 3.66. The van der Waals surface area contributed by atoms with Gasteiger partial charge in [-0.25, -0.2) is 4.98 Å². The van der Waals surface area contributed by atoms with Crippen LogP contribution >= 0.6 is 0 Å². The molecular weight excluding hydrogens is 366 g/mol. The Morgan fingerprint density at radius 3 is 2.96 bits per heavy atom. The summed E-state index contributed by atoms with van der Waals surface area (Å²) >= 11 is 0. The summed E-state index contributed by atoms with van der Waals surface area (Å²) < 4.78 is 11.2. The third kappa shape index (κ3) is 4.26. The molecule has 0 aliphatic carbocycles. The number of carbonyl (C=O) groups is 2. The Labute approximate surface area is 161 Å². The Morgan fingerprint density at radius 1 is 1.36 bits per heavy atom. The number of aliphatic hydroxyl groups is 1. The van der Waals surface area contributed by atoms with Gasteiger partial charge in [0.05, 0.1) is 30.5 Å². The number of nitrogens with zero attached hydrogens (tertiary/aromatic N) is 3. The number of benzene rings is 1. The van der Waals surface area contributed by atoms with E-state index in [0.717, 1.165) is 0 Å². The van der Waals surface area contributed by atoms with Gasteiger partial charge >= 0.3 is 0 Å². The number of hydrogen-bond acceptors (Lipinski definition) is 8. The van der Waals surface area contributed by atoms with E-state index in [1.54, 1.807) is 17.0 Å². The van der Waals surface area contributed by atoms with Crippen LogP contribution in [0.25, 0.3) is 0 Å². The van der Waals surface area contributed by atoms with Gasteiger partial charge in [-0.3, -0.25) is 14.6 Å². The van der Waals surface area contributed by atoms with Crippen molar-refractivity contribution >= 4 is 12.2 Å². The van der Waals surface area contributed by atoms with E-state index in [0.29, 0.717) is 25.1 Å². The lowest BCUT2D eigenvalue weighted by molar-refractivity contribution is -0.0154. The molecule has 0 unspecified atom stereocenters. The minimum Gasteiger partial charge on any atom is -0.507 e. The normalized spacial score (nSPS) is 16.6. The Balaban J connectivity index is 1.77. The van der Waals surface area contributed by atoms with Crippen molar-refractivity contribution in [3.05, 3.63) is 47.5 Å². The number of aromatic hydroxyl groups is 1. The molecule has 0 spiro atoms. The molecule has 0 saturated carbocycles. The summed E-state index contributed by atoms with van der Waals surface area (Å²) in [5.74, 6) is -0.262. The van der Waals surface area contributed by atoms with Gasteiger partial charge in [-0.05, 0) is 12.1 Å². The van der Waals surface area contributed by atoms with Gasteiger partial charge in [-0.1, -0.05) is 6.07 Å². The molecule has 0 bridgehead atoms. The number of aromatic nitrogens is 2. The Hall–Kier alpha value is -3.04. The number of phenols is 1. The van der Waals surface area contributed by atoms with E-state index in [9.17, 15) is 19.8 Å². The number of ether oxygens (including phenoxy) is 2. The number of aldehydes is 1. The number of aliphatic hydroxyl groups excluding tert-OH is 1. The van der Waals surface area contributed by atoms with Crippen LogP contribution in [-0.2, 0) is 11.2 Å². The Morgan fingerprint density at radius 2 is 2.18 bits per heavy atom. The van der Waals surface area contributed by atoms with Crippen molar-refractivity contribution in [2.24, 2.45) is 0 Å². The quantitative estimate of drug-likeness (QED) is 0.657. The fourth-order valence-corrected chi connectivity index (χ4v) is 2.99. The highest BCUT2D eigenvalue weighted by Crippen LogP contribution is 2.26. The molecule has 1 aliphatic heterocycles. The topological polar surface area (TPSA) is 122 Å². The number of carbonyl (C=O) groups excluding carboxylic acids is 2. The average molecular weight is 387 g/mol. The molecule has 1 aromatic heterocycles. The van der Waals surface area contributed by atoms with Crippen LogP contribution < -0.4 is 4.74 Å². The van der Waals surface area contributed by atoms with Crippen LogP contribution in [-0.4, -0.2) is 76.3 Å². The molecule has 0 radical (unpaired) electrons. The highest BCUT2D eigenvalue weighted by atomic mass is 16.5. The van der Waals surface area contributed by atoms with Gasteiger partial charge in [0.15, 0.2) is 6.29 Å². The third-order valence-corrected chi connectivity index (χ3v) is 4.41. The van der Waals surface area contributed by atoms with Crippen molar-refractivity contribution in [1.82, 2.24) is 14.9 Å². The fourth-order valence-electron chi connectivity index (χ4n) is 2.99. The van der Waals surface area contributed by atoms with Crippen LogP contribution in [0.15, 0.2) is 30.6 Å². The van der Waals surface area contributed by atoms with Crippen LogP contribution in [0.4, 0.5) is 0 Å². The molecule has 28 heavy (non-hydrogen) atoms. The molecule has 3 rings (SSSR count). The zero-order chi connectivity index (χ0) is 19.9. The lowest BCUT2D eigenvalue weighted by Crippen LogP contribution is -2.51. The molecule has 1 amide bonds. The summed E-state index contributed by atoms with van der Waals surface area (Å²) in [4.78, 5) is 34.1. The van der Waals surface area contributed by atoms with Crippen LogP contribution in [0, 0.1) is 0 Å². The van der Waals surface area contributed by atoms with Gasteiger partial charge in [0.2, 0.25) is 0 Å². The van der Waals surface area contributed by atoms with Crippen molar-refractivity contribution in [1.29, 1.82) is 0 Å². The third-order valence-electron chi connectivity index (χ3n) is 4.41. The molecule has 1 atom stereocenters. The van der Waals surface area contributed by atoms with E-state index in [-0.39, 0.29) is 54.9 Å². The lowest BCUT2D eigenvalue weighted by atomic mass is 10.1. The van der Waals surface area contributed by atoms with E-state index in [1.807, 2.05) is 0 Å². The average Bonchev–Trinajstić information content (AvgIpc) is 2.72. The zero-order valence-corrected chi connectivity index (χ0v) is 15.2. The van der Waals surface area contributed by atoms with Crippen LogP contribution in [0.5, 0.6) is 11.5 Å². The summed E-state index contributed by atoms with van der Waals surface area (Å²) in [5, 5.41) is 19.0. The first-order valence-corrected chi connectivity index (χ1v) is 8.85. The first kappa shape index (κ1) is 19.7. The van der Waals surface area contributed by atoms with Crippen molar-refractivity contribution in [2.75, 3.05) is 33.0 Å². The number of phenolic OH excluding ortho intramolecular Hbond substituents is 1. The Bertz CT molecular complexity index is 844. The molecule has 1 fully saturated rings. The maximum atomic E-state index is 13.0. The number of morpholine rings is 1. The molecule has 2 N–H and O–H groups in total. The summed E-state index contributed by atoms with van der Waals surface area (Å²) in [5.41, 5.74) is 0.669. The van der Waals surface area contributed by atoms with Crippen molar-refractivity contribution in [3.63, 3.8) is 0 Å².